The Kier molecular flexibility index (Phi) is 3.00. The summed E-state index contributed by atoms with van der Waals surface area (Å²) < 4.78 is 0. The van der Waals surface area contributed by atoms with Gasteiger partial charge in [-0.15, -0.1) is 0 Å². The normalized spacial score (nSPS) is 9.94. The van der Waals surface area contributed by atoms with Crippen LogP contribution in [0, 0.1) is 10.1 Å². The first kappa shape index (κ1) is 11.1. The Hall–Kier alpha value is -2.43. The molecule has 0 saturated carbocycles. The predicted octanol–water partition coefficient (Wildman–Crippen LogP) is 2.70. The Labute approximate surface area is 98.3 Å². The number of anilines is 1. The summed E-state index contributed by atoms with van der Waals surface area (Å²) in [5.41, 5.74) is 2.43. The second kappa shape index (κ2) is 4.61. The second-order valence-corrected chi connectivity index (χ2v) is 3.49. The fourth-order valence-corrected chi connectivity index (χ4v) is 1.52. The largest absolute Gasteiger partial charge is 0.388 e. The first-order chi connectivity index (χ1) is 8.20. The molecule has 1 N–H and O–H groups in total. The lowest BCUT2D eigenvalue weighted by molar-refractivity contribution is -0.384. The van der Waals surface area contributed by atoms with Crippen LogP contribution in [0.4, 0.5) is 11.4 Å². The monoisotopic (exact) mass is 229 g/mol. The summed E-state index contributed by atoms with van der Waals surface area (Å²) in [5.74, 6) is 0. The van der Waals surface area contributed by atoms with Crippen molar-refractivity contribution in [3.8, 4) is 11.3 Å². The van der Waals surface area contributed by atoms with E-state index in [2.05, 4.69) is 10.3 Å². The molecule has 0 unspecified atom stereocenters. The van der Waals surface area contributed by atoms with Crippen LogP contribution in [-0.4, -0.2) is 17.0 Å². The zero-order chi connectivity index (χ0) is 12.3. The number of pyridine rings is 1. The molecular weight excluding hydrogens is 218 g/mol. The van der Waals surface area contributed by atoms with Gasteiger partial charge in [-0.2, -0.15) is 0 Å². The lowest BCUT2D eigenvalue weighted by Gasteiger charge is -2.03. The maximum absolute atomic E-state index is 10.7. The van der Waals surface area contributed by atoms with E-state index in [0.29, 0.717) is 5.69 Å². The van der Waals surface area contributed by atoms with Crippen LogP contribution >= 0.6 is 0 Å². The third-order valence-corrected chi connectivity index (χ3v) is 2.40. The van der Waals surface area contributed by atoms with Crippen LogP contribution in [0.2, 0.25) is 0 Å². The first-order valence-electron chi connectivity index (χ1n) is 5.09. The number of benzene rings is 1. The number of aromatic nitrogens is 1. The number of nitrogens with zero attached hydrogens (tertiary/aromatic N) is 2. The minimum Gasteiger partial charge on any atom is -0.388 e. The fraction of sp³-hybridized carbons (Fsp3) is 0.0833. The molecule has 0 aliphatic carbocycles. The van der Waals surface area contributed by atoms with Gasteiger partial charge in [0.25, 0.3) is 5.69 Å². The molecule has 0 spiro atoms. The van der Waals surface area contributed by atoms with E-state index < -0.39 is 4.92 Å². The van der Waals surface area contributed by atoms with Crippen LogP contribution in [0.5, 0.6) is 0 Å². The van der Waals surface area contributed by atoms with Gasteiger partial charge in [0.15, 0.2) is 0 Å². The van der Waals surface area contributed by atoms with E-state index in [4.69, 9.17) is 0 Å². The molecule has 1 aromatic carbocycles. The highest BCUT2D eigenvalue weighted by Gasteiger charge is 2.07. The molecule has 2 aromatic rings. The zero-order valence-electron chi connectivity index (χ0n) is 9.25. The average Bonchev–Trinajstić information content (AvgIpc) is 2.39. The molecule has 5 heteroatoms. The third-order valence-electron chi connectivity index (χ3n) is 2.40. The highest BCUT2D eigenvalue weighted by atomic mass is 16.6. The lowest BCUT2D eigenvalue weighted by atomic mass is 10.1. The highest BCUT2D eigenvalue weighted by molar-refractivity contribution is 5.66. The molecule has 5 nitrogen and oxygen atoms in total. The lowest BCUT2D eigenvalue weighted by Crippen LogP contribution is -1.92. The van der Waals surface area contributed by atoms with Gasteiger partial charge in [-0.25, -0.2) is 0 Å². The second-order valence-electron chi connectivity index (χ2n) is 3.49. The number of non-ortho nitro benzene ring substituents is 1. The van der Waals surface area contributed by atoms with E-state index in [9.17, 15) is 10.1 Å². The summed E-state index contributed by atoms with van der Waals surface area (Å²) in [7, 11) is 1.81. The summed E-state index contributed by atoms with van der Waals surface area (Å²) in [6, 6.07) is 10.1. The highest BCUT2D eigenvalue weighted by Crippen LogP contribution is 2.23. The van der Waals surface area contributed by atoms with Crippen LogP contribution in [-0.2, 0) is 0 Å². The van der Waals surface area contributed by atoms with Gasteiger partial charge in [0.1, 0.15) is 0 Å². The maximum atomic E-state index is 10.7. The fourth-order valence-electron chi connectivity index (χ4n) is 1.52. The molecule has 0 fully saturated rings. The van der Waals surface area contributed by atoms with Gasteiger partial charge in [0, 0.05) is 36.6 Å². The van der Waals surface area contributed by atoms with Crippen molar-refractivity contribution >= 4 is 11.4 Å². The topological polar surface area (TPSA) is 68.1 Å². The number of nitro benzene ring substituents is 1. The van der Waals surface area contributed by atoms with E-state index in [1.165, 1.54) is 12.1 Å². The number of nitrogens with one attached hydrogen (secondary N) is 1. The van der Waals surface area contributed by atoms with E-state index in [0.717, 1.165) is 11.3 Å². The minimum absolute atomic E-state index is 0.0687. The van der Waals surface area contributed by atoms with Crippen LogP contribution in [0.3, 0.4) is 0 Å². The van der Waals surface area contributed by atoms with Crippen molar-refractivity contribution in [1.29, 1.82) is 0 Å². The molecule has 0 atom stereocenters. The van der Waals surface area contributed by atoms with Gasteiger partial charge < -0.3 is 5.32 Å². The molecule has 0 radical (unpaired) electrons. The number of hydrogen-bond acceptors (Lipinski definition) is 4. The SMILES string of the molecule is CNc1ccnc(-c2cccc([N+](=O)[O-])c2)c1. The van der Waals surface area contributed by atoms with Crippen molar-refractivity contribution < 1.29 is 4.92 Å². The molecule has 0 amide bonds. The predicted molar refractivity (Wildman–Crippen MR) is 65.9 cm³/mol. The maximum Gasteiger partial charge on any atom is 0.270 e. The Morgan fingerprint density at radius 2 is 2.12 bits per heavy atom. The Balaban J connectivity index is 2.45. The zero-order valence-corrected chi connectivity index (χ0v) is 9.25. The number of rotatable bonds is 3. The Morgan fingerprint density at radius 3 is 2.82 bits per heavy atom. The molecule has 0 saturated heterocycles. The average molecular weight is 229 g/mol. The van der Waals surface area contributed by atoms with Crippen LogP contribution in [0.15, 0.2) is 42.6 Å². The molecule has 2 rings (SSSR count). The van der Waals surface area contributed by atoms with Crippen molar-refractivity contribution in [1.82, 2.24) is 4.98 Å². The summed E-state index contributed by atoms with van der Waals surface area (Å²) in [5, 5.41) is 13.7. The van der Waals surface area contributed by atoms with Gasteiger partial charge >= 0.3 is 0 Å². The first-order valence-corrected chi connectivity index (χ1v) is 5.09. The summed E-state index contributed by atoms with van der Waals surface area (Å²) >= 11 is 0. The van der Waals surface area contributed by atoms with Crippen LogP contribution in [0.25, 0.3) is 11.3 Å². The van der Waals surface area contributed by atoms with Crippen LogP contribution in [0.1, 0.15) is 0 Å². The van der Waals surface area contributed by atoms with Crippen LogP contribution < -0.4 is 5.32 Å². The van der Waals surface area contributed by atoms with E-state index in [1.807, 2.05) is 19.2 Å². The standard InChI is InChI=1S/C12H11N3O2/c1-13-10-5-6-14-12(8-10)9-3-2-4-11(7-9)15(16)17/h2-8H,1H3,(H,13,14). The number of hydrogen-bond donors (Lipinski definition) is 1. The summed E-state index contributed by atoms with van der Waals surface area (Å²) in [6.07, 6.45) is 1.67. The van der Waals surface area contributed by atoms with Crippen molar-refractivity contribution in [2.45, 2.75) is 0 Å². The van der Waals surface area contributed by atoms with Gasteiger partial charge in [-0.1, -0.05) is 12.1 Å². The van der Waals surface area contributed by atoms with Gasteiger partial charge in [-0.3, -0.25) is 15.1 Å². The van der Waals surface area contributed by atoms with Crippen molar-refractivity contribution in [2.24, 2.45) is 0 Å². The third kappa shape index (κ3) is 2.39. The summed E-state index contributed by atoms with van der Waals surface area (Å²) in [6.45, 7) is 0. The molecule has 0 bridgehead atoms. The molecule has 1 heterocycles. The molecule has 0 aliphatic heterocycles. The quantitative estimate of drug-likeness (QED) is 0.649. The van der Waals surface area contributed by atoms with Crippen molar-refractivity contribution in [3.05, 3.63) is 52.7 Å². The molecule has 0 aliphatic rings. The molecule has 1 aromatic heterocycles. The molecule has 17 heavy (non-hydrogen) atoms. The number of nitro groups is 1. The minimum atomic E-state index is -0.411. The smallest absolute Gasteiger partial charge is 0.270 e. The van der Waals surface area contributed by atoms with Gasteiger partial charge in [0.2, 0.25) is 0 Å². The van der Waals surface area contributed by atoms with Crippen molar-refractivity contribution in [3.63, 3.8) is 0 Å². The van der Waals surface area contributed by atoms with Crippen molar-refractivity contribution in [2.75, 3.05) is 12.4 Å². The van der Waals surface area contributed by atoms with E-state index in [1.54, 1.807) is 18.3 Å². The summed E-state index contributed by atoms with van der Waals surface area (Å²) in [4.78, 5) is 14.5. The Morgan fingerprint density at radius 1 is 1.29 bits per heavy atom. The van der Waals surface area contributed by atoms with E-state index in [-0.39, 0.29) is 5.69 Å². The molecule has 86 valence electrons. The Bertz CT molecular complexity index is 555. The van der Waals surface area contributed by atoms with E-state index >= 15 is 0 Å². The van der Waals surface area contributed by atoms with Gasteiger partial charge in [0.05, 0.1) is 10.6 Å². The van der Waals surface area contributed by atoms with Gasteiger partial charge in [-0.05, 0) is 12.1 Å². The molecular formula is C12H11N3O2.